The van der Waals surface area contributed by atoms with Crippen LogP contribution in [0.3, 0.4) is 0 Å². The molecule has 0 atom stereocenters. The van der Waals surface area contributed by atoms with Crippen molar-refractivity contribution >= 4 is 22.9 Å². The minimum absolute atomic E-state index is 0.173. The molecule has 0 unspecified atom stereocenters. The van der Waals surface area contributed by atoms with Crippen LogP contribution in [0, 0.1) is 0 Å². The number of thiophene rings is 1. The first-order valence-corrected chi connectivity index (χ1v) is 8.85. The summed E-state index contributed by atoms with van der Waals surface area (Å²) in [6.07, 6.45) is 0.890. The molecule has 1 aliphatic rings. The van der Waals surface area contributed by atoms with E-state index < -0.39 is 0 Å². The molecule has 0 aliphatic carbocycles. The van der Waals surface area contributed by atoms with Gasteiger partial charge in [0.05, 0.1) is 12.2 Å². The second kappa shape index (κ2) is 7.57. The fourth-order valence-electron chi connectivity index (χ4n) is 2.92. The third-order valence-corrected chi connectivity index (χ3v) is 4.94. The minimum Gasteiger partial charge on any atom is -0.463 e. The van der Waals surface area contributed by atoms with E-state index >= 15 is 0 Å². The van der Waals surface area contributed by atoms with Crippen molar-refractivity contribution in [2.24, 2.45) is 0 Å². The molecule has 0 N–H and O–H groups in total. The van der Waals surface area contributed by atoms with Crippen LogP contribution in [0.5, 0.6) is 0 Å². The molecular formula is C19H21NO2S. The molecular weight excluding hydrogens is 306 g/mol. The van der Waals surface area contributed by atoms with Crippen molar-refractivity contribution in [1.29, 1.82) is 0 Å². The smallest absolute Gasteiger partial charge is 0.335 e. The van der Waals surface area contributed by atoms with E-state index in [1.54, 1.807) is 11.3 Å². The number of hydrogen-bond donors (Lipinski definition) is 0. The van der Waals surface area contributed by atoms with Crippen molar-refractivity contribution in [3.63, 3.8) is 0 Å². The van der Waals surface area contributed by atoms with Crippen molar-refractivity contribution in [2.75, 3.05) is 19.7 Å². The first-order chi connectivity index (χ1) is 11.3. The number of rotatable bonds is 5. The summed E-state index contributed by atoms with van der Waals surface area (Å²) in [6.45, 7) is 4.75. The highest BCUT2D eigenvalue weighted by atomic mass is 32.1. The molecule has 1 aromatic carbocycles. The van der Waals surface area contributed by atoms with E-state index in [0.717, 1.165) is 30.7 Å². The molecule has 1 aliphatic heterocycles. The molecule has 0 spiro atoms. The first kappa shape index (κ1) is 16.0. The number of ether oxygens (including phenoxy) is 1. The van der Waals surface area contributed by atoms with Crippen LogP contribution in [-0.4, -0.2) is 30.6 Å². The van der Waals surface area contributed by atoms with Crippen LogP contribution in [-0.2, 0) is 16.1 Å². The predicted octanol–water partition coefficient (Wildman–Crippen LogP) is 3.97. The summed E-state index contributed by atoms with van der Waals surface area (Å²) < 4.78 is 5.29. The van der Waals surface area contributed by atoms with Gasteiger partial charge in [0.15, 0.2) is 0 Å². The van der Waals surface area contributed by atoms with Gasteiger partial charge in [0, 0.05) is 24.5 Å². The van der Waals surface area contributed by atoms with Gasteiger partial charge in [-0.25, -0.2) is 4.79 Å². The highest BCUT2D eigenvalue weighted by molar-refractivity contribution is 7.11. The highest BCUT2D eigenvalue weighted by Crippen LogP contribution is 2.31. The Labute approximate surface area is 141 Å². The van der Waals surface area contributed by atoms with Crippen LogP contribution in [0.1, 0.15) is 23.8 Å². The van der Waals surface area contributed by atoms with Gasteiger partial charge in [0.1, 0.15) is 0 Å². The number of hydrogen-bond acceptors (Lipinski definition) is 4. The number of carbonyl (C=O) groups excluding carboxylic acids is 1. The van der Waals surface area contributed by atoms with E-state index in [1.165, 1.54) is 10.4 Å². The van der Waals surface area contributed by atoms with Gasteiger partial charge in [-0.2, -0.15) is 0 Å². The lowest BCUT2D eigenvalue weighted by atomic mass is 9.98. The Bertz CT molecular complexity index is 677. The van der Waals surface area contributed by atoms with Crippen LogP contribution in [0.4, 0.5) is 0 Å². The average Bonchev–Trinajstić information content (AvgIpc) is 3.10. The van der Waals surface area contributed by atoms with Crippen molar-refractivity contribution < 1.29 is 9.53 Å². The van der Waals surface area contributed by atoms with Crippen molar-refractivity contribution in [1.82, 2.24) is 4.90 Å². The molecule has 4 heteroatoms. The molecule has 2 heterocycles. The lowest BCUT2D eigenvalue weighted by Crippen LogP contribution is -2.34. The zero-order chi connectivity index (χ0) is 16.1. The Hall–Kier alpha value is -1.91. The molecule has 2 aromatic rings. The fraction of sp³-hybridized carbons (Fsp3) is 0.316. The lowest BCUT2D eigenvalue weighted by molar-refractivity contribution is -0.138. The van der Waals surface area contributed by atoms with Crippen molar-refractivity contribution in [3.8, 4) is 0 Å². The van der Waals surface area contributed by atoms with E-state index in [4.69, 9.17) is 4.74 Å². The van der Waals surface area contributed by atoms with Gasteiger partial charge in [-0.1, -0.05) is 36.4 Å². The average molecular weight is 327 g/mol. The summed E-state index contributed by atoms with van der Waals surface area (Å²) in [5.74, 6) is -0.173. The summed E-state index contributed by atoms with van der Waals surface area (Å²) in [5.41, 5.74) is 3.24. The van der Waals surface area contributed by atoms with E-state index in [9.17, 15) is 4.79 Å². The largest absolute Gasteiger partial charge is 0.463 e. The maximum atomic E-state index is 12.4. The highest BCUT2D eigenvalue weighted by Gasteiger charge is 2.26. The molecule has 0 saturated carbocycles. The Kier molecular flexibility index (Phi) is 5.26. The summed E-state index contributed by atoms with van der Waals surface area (Å²) in [4.78, 5) is 15.9. The summed E-state index contributed by atoms with van der Waals surface area (Å²) in [6, 6.07) is 14.5. The molecule has 0 radical (unpaired) electrons. The quantitative estimate of drug-likeness (QED) is 0.778. The maximum absolute atomic E-state index is 12.4. The molecule has 0 fully saturated rings. The van der Waals surface area contributed by atoms with Gasteiger partial charge in [-0.15, -0.1) is 11.3 Å². The van der Waals surface area contributed by atoms with Gasteiger partial charge in [0.2, 0.25) is 0 Å². The second-order valence-corrected chi connectivity index (χ2v) is 6.55. The van der Waals surface area contributed by atoms with Gasteiger partial charge in [0.25, 0.3) is 0 Å². The van der Waals surface area contributed by atoms with Gasteiger partial charge in [-0.3, -0.25) is 4.90 Å². The van der Waals surface area contributed by atoms with E-state index in [-0.39, 0.29) is 5.97 Å². The van der Waals surface area contributed by atoms with Crippen LogP contribution in [0.15, 0.2) is 53.4 Å². The summed E-state index contributed by atoms with van der Waals surface area (Å²) in [5, 5.41) is 2.06. The van der Waals surface area contributed by atoms with Gasteiger partial charge >= 0.3 is 5.97 Å². The molecule has 3 rings (SSSR count). The number of carbonyl (C=O) groups is 1. The van der Waals surface area contributed by atoms with Crippen molar-refractivity contribution in [2.45, 2.75) is 19.9 Å². The molecule has 3 nitrogen and oxygen atoms in total. The van der Waals surface area contributed by atoms with Crippen LogP contribution < -0.4 is 0 Å². The Morgan fingerprint density at radius 3 is 2.74 bits per heavy atom. The molecule has 0 saturated heterocycles. The third-order valence-electron chi connectivity index (χ3n) is 4.01. The van der Waals surface area contributed by atoms with E-state index in [0.29, 0.717) is 13.2 Å². The third kappa shape index (κ3) is 3.89. The van der Waals surface area contributed by atoms with Crippen molar-refractivity contribution in [3.05, 3.63) is 63.9 Å². The van der Waals surface area contributed by atoms with Gasteiger partial charge < -0.3 is 4.74 Å². The Balaban J connectivity index is 1.82. The fourth-order valence-corrected chi connectivity index (χ4v) is 3.75. The molecule has 120 valence electrons. The topological polar surface area (TPSA) is 29.5 Å². The Morgan fingerprint density at radius 2 is 2.04 bits per heavy atom. The first-order valence-electron chi connectivity index (χ1n) is 7.97. The monoisotopic (exact) mass is 327 g/mol. The van der Waals surface area contributed by atoms with Crippen LogP contribution in [0.2, 0.25) is 0 Å². The summed E-state index contributed by atoms with van der Waals surface area (Å²) in [7, 11) is 0. The van der Waals surface area contributed by atoms with Crippen LogP contribution in [0.25, 0.3) is 5.57 Å². The zero-order valence-electron chi connectivity index (χ0n) is 13.3. The van der Waals surface area contributed by atoms with Gasteiger partial charge in [-0.05, 0) is 35.9 Å². The SMILES string of the molecule is CCOC(=O)C1=C(c2cccs2)CCN(Cc2ccccc2)C1. The zero-order valence-corrected chi connectivity index (χ0v) is 14.1. The maximum Gasteiger partial charge on any atom is 0.335 e. The number of benzene rings is 1. The van der Waals surface area contributed by atoms with E-state index in [2.05, 4.69) is 40.6 Å². The van der Waals surface area contributed by atoms with E-state index in [1.807, 2.05) is 19.1 Å². The number of esters is 1. The standard InChI is InChI=1S/C19H21NO2S/c1-2-22-19(21)17-14-20(13-15-7-4-3-5-8-15)11-10-16(17)18-9-6-12-23-18/h3-9,12H,2,10-11,13-14H2,1H3. The normalized spacial score (nSPS) is 15.7. The molecule has 0 amide bonds. The molecule has 23 heavy (non-hydrogen) atoms. The molecule has 0 bridgehead atoms. The minimum atomic E-state index is -0.173. The summed E-state index contributed by atoms with van der Waals surface area (Å²) >= 11 is 1.69. The Morgan fingerprint density at radius 1 is 1.22 bits per heavy atom. The molecule has 1 aromatic heterocycles. The van der Waals surface area contributed by atoms with Crippen LogP contribution >= 0.6 is 11.3 Å². The number of nitrogens with zero attached hydrogens (tertiary/aromatic N) is 1. The lowest BCUT2D eigenvalue weighted by Gasteiger charge is -2.29. The predicted molar refractivity (Wildman–Crippen MR) is 94.2 cm³/mol. The second-order valence-electron chi connectivity index (χ2n) is 5.60.